The molecule has 0 spiro atoms. The number of aryl methyl sites for hydroxylation is 2. The largest absolute Gasteiger partial charge is 0.465 e. The normalized spacial score (nSPS) is 15.9. The van der Waals surface area contributed by atoms with Gasteiger partial charge in [0.1, 0.15) is 5.00 Å². The summed E-state index contributed by atoms with van der Waals surface area (Å²) in [4.78, 5) is 22.2. The summed E-state index contributed by atoms with van der Waals surface area (Å²) < 4.78 is 5.00. The van der Waals surface area contributed by atoms with Crippen LogP contribution in [0, 0.1) is 19.8 Å². The second kappa shape index (κ2) is 7.67. The first-order valence-corrected chi connectivity index (χ1v) is 9.73. The van der Waals surface area contributed by atoms with Crippen molar-refractivity contribution in [3.8, 4) is 0 Å². The van der Waals surface area contributed by atoms with Crippen molar-refractivity contribution in [2.75, 3.05) is 17.7 Å². The first-order valence-electron chi connectivity index (χ1n) is 8.50. The molecule has 2 N–H and O–H groups in total. The van der Waals surface area contributed by atoms with Crippen LogP contribution in [-0.4, -0.2) is 28.2 Å². The van der Waals surface area contributed by atoms with E-state index in [0.717, 1.165) is 41.2 Å². The highest BCUT2D eigenvalue weighted by Gasteiger charge is 2.28. The summed E-state index contributed by atoms with van der Waals surface area (Å²) in [6.45, 7) is 6.04. The maximum Gasteiger partial charge on any atom is 0.341 e. The molecule has 1 atom stereocenters. The number of hydrogen-bond acceptors (Lipinski definition) is 6. The van der Waals surface area contributed by atoms with E-state index in [1.54, 1.807) is 11.3 Å². The first kappa shape index (κ1) is 18.7. The molecular formula is C18H22N4O2S2. The molecule has 0 bridgehead atoms. The Hall–Kier alpha value is -2.06. The topological polar surface area (TPSA) is 76.1 Å². The molecule has 138 valence electrons. The second-order valence-electron chi connectivity index (χ2n) is 6.60. The minimum atomic E-state index is -0.329. The number of thiocarbonyl (C=S) groups is 1. The zero-order valence-electron chi connectivity index (χ0n) is 15.3. The van der Waals surface area contributed by atoms with E-state index < -0.39 is 0 Å². The van der Waals surface area contributed by atoms with Crippen molar-refractivity contribution in [2.24, 2.45) is 5.92 Å². The summed E-state index contributed by atoms with van der Waals surface area (Å²) in [6, 6.07) is 1.89. The fraction of sp³-hybridized carbons (Fsp3) is 0.444. The molecule has 26 heavy (non-hydrogen) atoms. The van der Waals surface area contributed by atoms with E-state index in [1.165, 1.54) is 12.0 Å². The number of methoxy groups -OCH3 is 1. The van der Waals surface area contributed by atoms with E-state index in [0.29, 0.717) is 22.5 Å². The molecule has 1 unspecified atom stereocenters. The molecule has 1 aliphatic carbocycles. The van der Waals surface area contributed by atoms with Crippen LogP contribution in [0.4, 0.5) is 10.9 Å². The average molecular weight is 391 g/mol. The molecule has 0 radical (unpaired) electrons. The summed E-state index contributed by atoms with van der Waals surface area (Å²) in [5.41, 5.74) is 3.41. The predicted octanol–water partition coefficient (Wildman–Crippen LogP) is 3.88. The van der Waals surface area contributed by atoms with Gasteiger partial charge in [0.05, 0.1) is 12.7 Å². The molecule has 0 amide bonds. The molecule has 3 rings (SSSR count). The lowest BCUT2D eigenvalue weighted by molar-refractivity contribution is 0.0601. The fourth-order valence-corrected chi connectivity index (χ4v) is 4.84. The van der Waals surface area contributed by atoms with Crippen molar-refractivity contribution in [1.82, 2.24) is 9.97 Å². The molecule has 1 aliphatic rings. The molecule has 0 fully saturated rings. The van der Waals surface area contributed by atoms with E-state index >= 15 is 0 Å². The van der Waals surface area contributed by atoms with Crippen LogP contribution in [0.15, 0.2) is 6.07 Å². The number of nitrogens with zero attached hydrogens (tertiary/aromatic N) is 2. The van der Waals surface area contributed by atoms with Crippen LogP contribution >= 0.6 is 23.6 Å². The van der Waals surface area contributed by atoms with Crippen molar-refractivity contribution in [2.45, 2.75) is 40.0 Å². The lowest BCUT2D eigenvalue weighted by atomic mass is 9.88. The van der Waals surface area contributed by atoms with Gasteiger partial charge < -0.3 is 15.4 Å². The Balaban J connectivity index is 1.84. The SMILES string of the molecule is COC(=O)c1c(NC(=S)Nc2nc(C)cc(C)n2)sc2c1CCC(C)C2. The van der Waals surface area contributed by atoms with Gasteiger partial charge in [-0.15, -0.1) is 11.3 Å². The number of aromatic nitrogens is 2. The number of thiophene rings is 1. The summed E-state index contributed by atoms with van der Waals surface area (Å²) in [7, 11) is 1.40. The van der Waals surface area contributed by atoms with E-state index in [2.05, 4.69) is 27.5 Å². The van der Waals surface area contributed by atoms with Gasteiger partial charge in [-0.2, -0.15) is 0 Å². The van der Waals surface area contributed by atoms with Gasteiger partial charge in [-0.1, -0.05) is 6.92 Å². The molecule has 0 saturated carbocycles. The summed E-state index contributed by atoms with van der Waals surface area (Å²) in [5, 5.41) is 7.21. The van der Waals surface area contributed by atoms with Gasteiger partial charge in [0.15, 0.2) is 5.11 Å². The third-order valence-electron chi connectivity index (χ3n) is 4.34. The second-order valence-corrected chi connectivity index (χ2v) is 8.11. The number of carbonyl (C=O) groups is 1. The van der Waals surface area contributed by atoms with Crippen molar-refractivity contribution in [3.05, 3.63) is 33.5 Å². The number of fused-ring (bicyclic) bond motifs is 1. The number of carbonyl (C=O) groups excluding carboxylic acids is 1. The molecular weight excluding hydrogens is 368 g/mol. The van der Waals surface area contributed by atoms with Crippen LogP contribution < -0.4 is 10.6 Å². The van der Waals surface area contributed by atoms with Gasteiger partial charge >= 0.3 is 5.97 Å². The highest BCUT2D eigenvalue weighted by Crippen LogP contribution is 2.40. The van der Waals surface area contributed by atoms with Crippen LogP contribution in [0.1, 0.15) is 45.5 Å². The van der Waals surface area contributed by atoms with Crippen LogP contribution in [0.2, 0.25) is 0 Å². The predicted molar refractivity (Wildman–Crippen MR) is 108 cm³/mol. The standard InChI is InChI=1S/C18H22N4O2S2/c1-9-5-6-12-13(7-9)26-15(14(12)16(23)24-4)21-18(25)22-17-19-10(2)8-11(3)20-17/h8-9H,5-7H2,1-4H3,(H2,19,20,21,22,25). The minimum absolute atomic E-state index is 0.329. The number of nitrogens with one attached hydrogen (secondary N) is 2. The van der Waals surface area contributed by atoms with Crippen molar-refractivity contribution < 1.29 is 9.53 Å². The Morgan fingerprint density at radius 2 is 2.00 bits per heavy atom. The fourth-order valence-electron chi connectivity index (χ4n) is 3.17. The van der Waals surface area contributed by atoms with Crippen molar-refractivity contribution >= 4 is 45.6 Å². The molecule has 0 saturated heterocycles. The molecule has 0 aliphatic heterocycles. The van der Waals surface area contributed by atoms with E-state index in [1.807, 2.05) is 19.9 Å². The molecule has 0 aromatic carbocycles. The Labute approximate surface area is 162 Å². The van der Waals surface area contributed by atoms with Gasteiger partial charge in [-0.3, -0.25) is 0 Å². The Bertz CT molecular complexity index is 843. The Morgan fingerprint density at radius 1 is 1.31 bits per heavy atom. The van der Waals surface area contributed by atoms with Crippen molar-refractivity contribution in [3.63, 3.8) is 0 Å². The summed E-state index contributed by atoms with van der Waals surface area (Å²) in [5.74, 6) is 0.729. The number of rotatable bonds is 3. The highest BCUT2D eigenvalue weighted by molar-refractivity contribution is 7.80. The molecule has 2 aromatic rings. The highest BCUT2D eigenvalue weighted by atomic mass is 32.1. The average Bonchev–Trinajstić information content (AvgIpc) is 2.89. The number of hydrogen-bond donors (Lipinski definition) is 2. The quantitative estimate of drug-likeness (QED) is 0.608. The molecule has 2 heterocycles. The van der Waals surface area contributed by atoms with Crippen LogP contribution in [0.5, 0.6) is 0 Å². The van der Waals surface area contributed by atoms with Crippen LogP contribution in [0.25, 0.3) is 0 Å². The van der Waals surface area contributed by atoms with E-state index in [-0.39, 0.29) is 5.97 Å². The van der Waals surface area contributed by atoms with E-state index in [9.17, 15) is 4.79 Å². The van der Waals surface area contributed by atoms with Crippen molar-refractivity contribution in [1.29, 1.82) is 0 Å². The molecule has 6 nitrogen and oxygen atoms in total. The lowest BCUT2D eigenvalue weighted by Crippen LogP contribution is -2.22. The third kappa shape index (κ3) is 4.02. The zero-order valence-corrected chi connectivity index (χ0v) is 16.9. The van der Waals surface area contributed by atoms with Gasteiger partial charge in [-0.25, -0.2) is 14.8 Å². The van der Waals surface area contributed by atoms with Gasteiger partial charge in [0.2, 0.25) is 5.95 Å². The first-order chi connectivity index (χ1) is 12.4. The minimum Gasteiger partial charge on any atom is -0.465 e. The van der Waals surface area contributed by atoms with E-state index in [4.69, 9.17) is 17.0 Å². The molecule has 8 heteroatoms. The number of esters is 1. The van der Waals surface area contributed by atoms with Gasteiger partial charge in [0, 0.05) is 16.3 Å². The van der Waals surface area contributed by atoms with Gasteiger partial charge in [-0.05, 0) is 62.9 Å². The maximum absolute atomic E-state index is 12.3. The number of ether oxygens (including phenoxy) is 1. The molecule has 2 aromatic heterocycles. The summed E-state index contributed by atoms with van der Waals surface area (Å²) in [6.07, 6.45) is 2.94. The zero-order chi connectivity index (χ0) is 18.8. The Kier molecular flexibility index (Phi) is 5.52. The monoisotopic (exact) mass is 390 g/mol. The summed E-state index contributed by atoms with van der Waals surface area (Å²) >= 11 is 6.98. The Morgan fingerprint density at radius 3 is 2.65 bits per heavy atom. The van der Waals surface area contributed by atoms with Crippen LogP contribution in [-0.2, 0) is 17.6 Å². The number of anilines is 2. The third-order valence-corrected chi connectivity index (χ3v) is 5.71. The smallest absolute Gasteiger partial charge is 0.341 e. The van der Waals surface area contributed by atoms with Gasteiger partial charge in [0.25, 0.3) is 0 Å². The van der Waals surface area contributed by atoms with Crippen LogP contribution in [0.3, 0.4) is 0 Å². The maximum atomic E-state index is 12.3. The lowest BCUT2D eigenvalue weighted by Gasteiger charge is -2.18.